The van der Waals surface area contributed by atoms with Crippen LogP contribution in [0, 0.1) is 6.92 Å². The first-order valence-electron chi connectivity index (χ1n) is 15.3. The molecule has 0 radical (unpaired) electrons. The van der Waals surface area contributed by atoms with E-state index in [-0.39, 0.29) is 35.5 Å². The summed E-state index contributed by atoms with van der Waals surface area (Å²) in [5.41, 5.74) is 2.64. The molecule has 10 heteroatoms. The molecule has 0 heterocycles. The number of anilines is 1. The van der Waals surface area contributed by atoms with Gasteiger partial charge >= 0.3 is 0 Å². The van der Waals surface area contributed by atoms with E-state index in [1.54, 1.807) is 60.7 Å². The number of amides is 2. The first kappa shape index (κ1) is 33.5. The Morgan fingerprint density at radius 1 is 0.848 bits per heavy atom. The predicted molar refractivity (Wildman–Crippen MR) is 183 cm³/mol. The lowest BCUT2D eigenvalue weighted by Crippen LogP contribution is -2.54. The summed E-state index contributed by atoms with van der Waals surface area (Å²) < 4.78 is 29.3. The Morgan fingerprint density at radius 2 is 1.48 bits per heavy atom. The second-order valence-corrected chi connectivity index (χ2v) is 14.3. The molecule has 0 aromatic heterocycles. The van der Waals surface area contributed by atoms with Gasteiger partial charge in [0.2, 0.25) is 11.8 Å². The maximum atomic E-state index is 14.6. The number of carbonyl (C=O) groups is 2. The largest absolute Gasteiger partial charge is 0.352 e. The van der Waals surface area contributed by atoms with Crippen molar-refractivity contribution in [3.8, 4) is 0 Å². The van der Waals surface area contributed by atoms with Gasteiger partial charge in [0.25, 0.3) is 10.0 Å². The van der Waals surface area contributed by atoms with Crippen molar-refractivity contribution in [3.05, 3.63) is 130 Å². The van der Waals surface area contributed by atoms with Gasteiger partial charge in [0.15, 0.2) is 0 Å². The van der Waals surface area contributed by atoms with Crippen molar-refractivity contribution in [2.24, 2.45) is 0 Å². The molecule has 1 aliphatic rings. The van der Waals surface area contributed by atoms with Crippen molar-refractivity contribution < 1.29 is 18.0 Å². The number of halogens is 2. The van der Waals surface area contributed by atoms with E-state index in [9.17, 15) is 18.0 Å². The van der Waals surface area contributed by atoms with Crippen molar-refractivity contribution >= 4 is 50.7 Å². The predicted octanol–water partition coefficient (Wildman–Crippen LogP) is 7.20. The summed E-state index contributed by atoms with van der Waals surface area (Å²) >= 11 is 12.6. The number of benzene rings is 4. The maximum absolute atomic E-state index is 14.6. The van der Waals surface area contributed by atoms with E-state index in [0.717, 1.165) is 46.7 Å². The third-order valence-electron chi connectivity index (χ3n) is 8.29. The molecule has 7 nitrogen and oxygen atoms in total. The molecule has 0 aliphatic heterocycles. The summed E-state index contributed by atoms with van der Waals surface area (Å²) in [5, 5.41) is 4.09. The number of aryl methyl sites for hydroxylation is 1. The van der Waals surface area contributed by atoms with Gasteiger partial charge in [0.05, 0.1) is 10.6 Å². The summed E-state index contributed by atoms with van der Waals surface area (Å²) in [5.74, 6) is -0.803. The van der Waals surface area contributed by atoms with Crippen LogP contribution in [0.3, 0.4) is 0 Å². The molecule has 1 saturated carbocycles. The Labute approximate surface area is 281 Å². The minimum atomic E-state index is -4.21. The molecule has 0 spiro atoms. The van der Waals surface area contributed by atoms with Crippen molar-refractivity contribution in [2.75, 3.05) is 10.8 Å². The lowest BCUT2D eigenvalue weighted by atomic mass is 10.0. The fourth-order valence-electron chi connectivity index (χ4n) is 5.69. The second-order valence-electron chi connectivity index (χ2n) is 11.6. The number of sulfonamides is 1. The molecule has 46 heavy (non-hydrogen) atoms. The first-order valence-corrected chi connectivity index (χ1v) is 17.5. The smallest absolute Gasteiger partial charge is 0.264 e. The van der Waals surface area contributed by atoms with Crippen molar-refractivity contribution in [2.45, 2.75) is 62.6 Å². The number of nitrogens with one attached hydrogen (secondary N) is 1. The minimum absolute atomic E-state index is 0.0305. The highest BCUT2D eigenvalue weighted by Crippen LogP contribution is 2.29. The topological polar surface area (TPSA) is 86.8 Å². The number of hydrogen-bond donors (Lipinski definition) is 1. The van der Waals surface area contributed by atoms with E-state index < -0.39 is 28.5 Å². The normalized spacial score (nSPS) is 14.1. The Kier molecular flexibility index (Phi) is 11.0. The zero-order valence-electron chi connectivity index (χ0n) is 25.6. The third kappa shape index (κ3) is 8.29. The monoisotopic (exact) mass is 677 g/mol. The fraction of sp³-hybridized carbons (Fsp3) is 0.278. The van der Waals surface area contributed by atoms with E-state index in [0.29, 0.717) is 10.0 Å². The molecule has 4 aromatic rings. The van der Waals surface area contributed by atoms with Crippen LogP contribution < -0.4 is 9.62 Å². The summed E-state index contributed by atoms with van der Waals surface area (Å²) in [6, 6.07) is 28.5. The minimum Gasteiger partial charge on any atom is -0.352 e. The van der Waals surface area contributed by atoms with Crippen LogP contribution in [-0.4, -0.2) is 43.8 Å². The molecule has 2 amide bonds. The summed E-state index contributed by atoms with van der Waals surface area (Å²) in [6.45, 7) is 1.34. The number of nitrogens with zero attached hydrogens (tertiary/aromatic N) is 2. The lowest BCUT2D eigenvalue weighted by molar-refractivity contribution is -0.140. The standard InChI is InChI=1S/C36H37Cl2N3O4S/c1-26-16-21-31(23-33(26)38)41(46(44,45)32-14-6-3-7-15-32)25-35(42)40(24-28-17-19-29(37)20-18-28)34(22-27-10-4-2-5-11-27)36(43)39-30-12-8-9-13-30/h2-7,10-11,14-21,23,30,34H,8-9,12-13,22,24-25H2,1H3,(H,39,43)/t34-/m1/s1. The van der Waals surface area contributed by atoms with Gasteiger partial charge in [-0.15, -0.1) is 0 Å². The second kappa shape index (κ2) is 15.2. The maximum Gasteiger partial charge on any atom is 0.264 e. The molecule has 5 rings (SSSR count). The van der Waals surface area contributed by atoms with Gasteiger partial charge in [0, 0.05) is 29.1 Å². The van der Waals surface area contributed by atoms with Gasteiger partial charge in [-0.3, -0.25) is 13.9 Å². The Hall–Kier alpha value is -3.85. The summed E-state index contributed by atoms with van der Waals surface area (Å²) in [7, 11) is -4.21. The van der Waals surface area contributed by atoms with E-state index in [1.807, 2.05) is 37.3 Å². The molecular formula is C36H37Cl2N3O4S. The lowest BCUT2D eigenvalue weighted by Gasteiger charge is -2.34. The number of rotatable bonds is 12. The van der Waals surface area contributed by atoms with Crippen LogP contribution in [0.15, 0.2) is 108 Å². The van der Waals surface area contributed by atoms with Gasteiger partial charge in [-0.25, -0.2) is 8.42 Å². The van der Waals surface area contributed by atoms with E-state index >= 15 is 0 Å². The zero-order valence-corrected chi connectivity index (χ0v) is 27.9. The highest BCUT2D eigenvalue weighted by molar-refractivity contribution is 7.92. The highest BCUT2D eigenvalue weighted by atomic mass is 35.5. The van der Waals surface area contributed by atoms with Crippen molar-refractivity contribution in [1.82, 2.24) is 10.2 Å². The van der Waals surface area contributed by atoms with Crippen LogP contribution in [0.5, 0.6) is 0 Å². The van der Waals surface area contributed by atoms with Crippen molar-refractivity contribution in [1.29, 1.82) is 0 Å². The number of hydrogen-bond acceptors (Lipinski definition) is 4. The van der Waals surface area contributed by atoms with Crippen LogP contribution in [-0.2, 0) is 32.6 Å². The SMILES string of the molecule is Cc1ccc(N(CC(=O)N(Cc2ccc(Cl)cc2)[C@H](Cc2ccccc2)C(=O)NC2CCCC2)S(=O)(=O)c2ccccc2)cc1Cl. The Morgan fingerprint density at radius 3 is 2.11 bits per heavy atom. The van der Waals surface area contributed by atoms with Crippen LogP contribution in [0.25, 0.3) is 0 Å². The van der Waals surface area contributed by atoms with E-state index in [2.05, 4.69) is 5.32 Å². The fourth-order valence-corrected chi connectivity index (χ4v) is 7.42. The first-order chi connectivity index (χ1) is 22.1. The van der Waals surface area contributed by atoms with Crippen LogP contribution in [0.4, 0.5) is 5.69 Å². The molecule has 4 aromatic carbocycles. The average Bonchev–Trinajstić information content (AvgIpc) is 3.57. The quantitative estimate of drug-likeness (QED) is 0.172. The average molecular weight is 679 g/mol. The van der Waals surface area contributed by atoms with Gasteiger partial charge < -0.3 is 10.2 Å². The molecule has 0 unspecified atom stereocenters. The van der Waals surface area contributed by atoms with Gasteiger partial charge in [0.1, 0.15) is 12.6 Å². The molecule has 0 saturated heterocycles. The van der Waals surface area contributed by atoms with Crippen LogP contribution in [0.1, 0.15) is 42.4 Å². The molecule has 1 fully saturated rings. The van der Waals surface area contributed by atoms with Gasteiger partial charge in [-0.2, -0.15) is 0 Å². The molecule has 1 aliphatic carbocycles. The highest BCUT2D eigenvalue weighted by Gasteiger charge is 2.35. The van der Waals surface area contributed by atoms with Crippen LogP contribution in [0.2, 0.25) is 10.0 Å². The Balaban J connectivity index is 1.57. The van der Waals surface area contributed by atoms with Gasteiger partial charge in [-0.05, 0) is 72.9 Å². The molecule has 1 atom stereocenters. The van der Waals surface area contributed by atoms with E-state index in [4.69, 9.17) is 23.2 Å². The molecule has 240 valence electrons. The third-order valence-corrected chi connectivity index (χ3v) is 10.7. The number of carbonyl (C=O) groups excluding carboxylic acids is 2. The molecule has 1 N–H and O–H groups in total. The van der Waals surface area contributed by atoms with E-state index in [1.165, 1.54) is 17.0 Å². The van der Waals surface area contributed by atoms with Crippen molar-refractivity contribution in [3.63, 3.8) is 0 Å². The van der Waals surface area contributed by atoms with Crippen LogP contribution >= 0.6 is 23.2 Å². The Bertz CT molecular complexity index is 1750. The zero-order chi connectivity index (χ0) is 32.7. The summed E-state index contributed by atoms with van der Waals surface area (Å²) in [4.78, 5) is 30.2. The molecular weight excluding hydrogens is 641 g/mol. The summed E-state index contributed by atoms with van der Waals surface area (Å²) in [6.07, 6.45) is 4.08. The van der Waals surface area contributed by atoms with Gasteiger partial charge in [-0.1, -0.05) is 103 Å². The molecule has 0 bridgehead atoms.